The van der Waals surface area contributed by atoms with Gasteiger partial charge in [0.2, 0.25) is 0 Å². The van der Waals surface area contributed by atoms with Gasteiger partial charge in [0, 0.05) is 23.9 Å². The first-order valence-corrected chi connectivity index (χ1v) is 6.78. The molecule has 1 atom stereocenters. The van der Waals surface area contributed by atoms with Crippen LogP contribution >= 0.6 is 0 Å². The van der Waals surface area contributed by atoms with Gasteiger partial charge in [-0.3, -0.25) is 4.79 Å². The van der Waals surface area contributed by atoms with E-state index in [0.717, 1.165) is 5.56 Å². The topological polar surface area (TPSA) is 58.6 Å². The van der Waals surface area contributed by atoms with Gasteiger partial charge in [0.15, 0.2) is 0 Å². The van der Waals surface area contributed by atoms with E-state index in [1.54, 1.807) is 32.2 Å². The molecule has 1 unspecified atom stereocenters. The fourth-order valence-corrected chi connectivity index (χ4v) is 2.19. The summed E-state index contributed by atoms with van der Waals surface area (Å²) in [7, 11) is 1.59. The number of carbonyl (C=O) groups excluding carboxylic acids is 1. The highest BCUT2D eigenvalue weighted by molar-refractivity contribution is 6.05. The molecular formula is C17H19NO3. The average molecular weight is 285 g/mol. The third-order valence-corrected chi connectivity index (χ3v) is 3.22. The highest BCUT2D eigenvalue weighted by Crippen LogP contribution is 2.23. The zero-order chi connectivity index (χ0) is 15.2. The summed E-state index contributed by atoms with van der Waals surface area (Å²) in [4.78, 5) is 12.4. The van der Waals surface area contributed by atoms with Gasteiger partial charge >= 0.3 is 0 Å². The molecule has 4 nitrogen and oxygen atoms in total. The second-order valence-electron chi connectivity index (χ2n) is 4.81. The summed E-state index contributed by atoms with van der Waals surface area (Å²) >= 11 is 0. The van der Waals surface area contributed by atoms with Crippen LogP contribution in [0.5, 0.6) is 0 Å². The predicted molar refractivity (Wildman–Crippen MR) is 82.2 cm³/mol. The van der Waals surface area contributed by atoms with Crippen LogP contribution in [0.15, 0.2) is 48.5 Å². The van der Waals surface area contributed by atoms with Crippen LogP contribution in [-0.4, -0.2) is 18.1 Å². The van der Waals surface area contributed by atoms with Gasteiger partial charge in [-0.15, -0.1) is 0 Å². The van der Waals surface area contributed by atoms with E-state index in [1.807, 2.05) is 30.3 Å². The number of hydrogen-bond donors (Lipinski definition) is 2. The monoisotopic (exact) mass is 285 g/mol. The number of ether oxygens (including phenoxy) is 1. The molecule has 0 radical (unpaired) electrons. The Morgan fingerprint density at radius 2 is 1.86 bits per heavy atom. The summed E-state index contributed by atoms with van der Waals surface area (Å²) in [5, 5.41) is 12.6. The first-order chi connectivity index (χ1) is 10.1. The molecule has 0 aliphatic carbocycles. The molecule has 0 spiro atoms. The Labute approximate surface area is 124 Å². The van der Waals surface area contributed by atoms with Crippen LogP contribution in [0.4, 0.5) is 5.69 Å². The lowest BCUT2D eigenvalue weighted by molar-refractivity contribution is 0.102. The maximum atomic E-state index is 12.4. The third-order valence-electron chi connectivity index (χ3n) is 3.22. The molecule has 4 heteroatoms. The summed E-state index contributed by atoms with van der Waals surface area (Å²) < 4.78 is 5.11. The van der Waals surface area contributed by atoms with Gasteiger partial charge in [-0.1, -0.05) is 36.4 Å². The Morgan fingerprint density at radius 1 is 1.19 bits per heavy atom. The quantitative estimate of drug-likeness (QED) is 0.887. The van der Waals surface area contributed by atoms with Crippen molar-refractivity contribution < 1.29 is 14.6 Å². The lowest BCUT2D eigenvalue weighted by atomic mass is 10.1. The number of aliphatic hydroxyl groups is 1. The molecule has 0 saturated carbocycles. The Kier molecular flexibility index (Phi) is 5.09. The third kappa shape index (κ3) is 3.68. The zero-order valence-corrected chi connectivity index (χ0v) is 12.2. The molecule has 0 fully saturated rings. The number of para-hydroxylation sites is 1. The standard InChI is InChI=1S/C17H19NO3/c1-12(19)14-8-5-6-10-16(14)18-17(20)15-9-4-3-7-13(15)11-21-2/h3-10,12,19H,11H2,1-2H3,(H,18,20). The van der Waals surface area contributed by atoms with Gasteiger partial charge < -0.3 is 15.2 Å². The minimum Gasteiger partial charge on any atom is -0.389 e. The van der Waals surface area contributed by atoms with Crippen molar-refractivity contribution in [1.29, 1.82) is 0 Å². The number of nitrogens with one attached hydrogen (secondary N) is 1. The van der Waals surface area contributed by atoms with Crippen molar-refractivity contribution in [3.63, 3.8) is 0 Å². The first kappa shape index (κ1) is 15.2. The molecule has 110 valence electrons. The van der Waals surface area contributed by atoms with E-state index in [4.69, 9.17) is 4.74 Å². The predicted octanol–water partition coefficient (Wildman–Crippen LogP) is 3.14. The molecular weight excluding hydrogens is 266 g/mol. The van der Waals surface area contributed by atoms with E-state index in [0.29, 0.717) is 23.4 Å². The normalized spacial score (nSPS) is 12.0. The van der Waals surface area contributed by atoms with Crippen LogP contribution < -0.4 is 5.32 Å². The van der Waals surface area contributed by atoms with Crippen molar-refractivity contribution in [2.75, 3.05) is 12.4 Å². The van der Waals surface area contributed by atoms with Crippen LogP contribution in [0.25, 0.3) is 0 Å². The highest BCUT2D eigenvalue weighted by Gasteiger charge is 2.14. The Balaban J connectivity index is 2.27. The van der Waals surface area contributed by atoms with Crippen LogP contribution in [0, 0.1) is 0 Å². The molecule has 0 saturated heterocycles. The maximum Gasteiger partial charge on any atom is 0.256 e. The summed E-state index contributed by atoms with van der Waals surface area (Å²) in [6.07, 6.45) is -0.643. The molecule has 2 N–H and O–H groups in total. The van der Waals surface area contributed by atoms with Crippen molar-refractivity contribution in [3.8, 4) is 0 Å². The van der Waals surface area contributed by atoms with Gasteiger partial charge in [0.1, 0.15) is 0 Å². The minimum atomic E-state index is -0.643. The average Bonchev–Trinajstić information content (AvgIpc) is 2.48. The van der Waals surface area contributed by atoms with E-state index < -0.39 is 6.10 Å². The molecule has 2 aromatic carbocycles. The summed E-state index contributed by atoms with van der Waals surface area (Å²) in [6, 6.07) is 14.5. The van der Waals surface area contributed by atoms with E-state index in [-0.39, 0.29) is 5.91 Å². The molecule has 0 heterocycles. The Hall–Kier alpha value is -2.17. The summed E-state index contributed by atoms with van der Waals surface area (Å²) in [5.41, 5.74) is 2.70. The van der Waals surface area contributed by atoms with Crippen molar-refractivity contribution in [3.05, 3.63) is 65.2 Å². The van der Waals surface area contributed by atoms with Gasteiger partial charge in [-0.25, -0.2) is 0 Å². The van der Waals surface area contributed by atoms with Crippen molar-refractivity contribution in [2.24, 2.45) is 0 Å². The molecule has 2 rings (SSSR count). The fourth-order valence-electron chi connectivity index (χ4n) is 2.19. The second kappa shape index (κ2) is 7.02. The molecule has 21 heavy (non-hydrogen) atoms. The second-order valence-corrected chi connectivity index (χ2v) is 4.81. The van der Waals surface area contributed by atoms with Crippen LogP contribution in [-0.2, 0) is 11.3 Å². The number of methoxy groups -OCH3 is 1. The van der Waals surface area contributed by atoms with Gasteiger partial charge in [-0.05, 0) is 24.6 Å². The molecule has 0 bridgehead atoms. The number of benzene rings is 2. The molecule has 1 amide bonds. The fraction of sp³-hybridized carbons (Fsp3) is 0.235. The number of anilines is 1. The van der Waals surface area contributed by atoms with Crippen molar-refractivity contribution in [2.45, 2.75) is 19.6 Å². The lowest BCUT2D eigenvalue weighted by Gasteiger charge is -2.14. The number of amides is 1. The van der Waals surface area contributed by atoms with E-state index in [9.17, 15) is 9.90 Å². The summed E-state index contributed by atoms with van der Waals surface area (Å²) in [5.74, 6) is -0.212. The maximum absolute atomic E-state index is 12.4. The van der Waals surface area contributed by atoms with Gasteiger partial charge in [0.25, 0.3) is 5.91 Å². The van der Waals surface area contributed by atoms with Crippen molar-refractivity contribution >= 4 is 11.6 Å². The molecule has 0 aliphatic rings. The SMILES string of the molecule is COCc1ccccc1C(=O)Nc1ccccc1C(C)O. The van der Waals surface area contributed by atoms with Gasteiger partial charge in [0.05, 0.1) is 12.7 Å². The molecule has 0 aromatic heterocycles. The van der Waals surface area contributed by atoms with Gasteiger partial charge in [-0.2, -0.15) is 0 Å². The zero-order valence-electron chi connectivity index (χ0n) is 12.2. The van der Waals surface area contributed by atoms with Crippen LogP contribution in [0.2, 0.25) is 0 Å². The number of hydrogen-bond acceptors (Lipinski definition) is 3. The molecule has 2 aromatic rings. The number of rotatable bonds is 5. The summed E-state index contributed by atoms with van der Waals surface area (Å²) in [6.45, 7) is 2.05. The van der Waals surface area contributed by atoms with Crippen LogP contribution in [0.1, 0.15) is 34.5 Å². The Bertz CT molecular complexity index is 623. The minimum absolute atomic E-state index is 0.212. The number of aliphatic hydroxyl groups excluding tert-OH is 1. The van der Waals surface area contributed by atoms with E-state index >= 15 is 0 Å². The van der Waals surface area contributed by atoms with E-state index in [2.05, 4.69) is 5.32 Å². The number of carbonyl (C=O) groups is 1. The largest absolute Gasteiger partial charge is 0.389 e. The Morgan fingerprint density at radius 3 is 2.57 bits per heavy atom. The van der Waals surface area contributed by atoms with Crippen molar-refractivity contribution in [1.82, 2.24) is 0 Å². The van der Waals surface area contributed by atoms with E-state index in [1.165, 1.54) is 0 Å². The first-order valence-electron chi connectivity index (χ1n) is 6.78. The smallest absolute Gasteiger partial charge is 0.256 e. The lowest BCUT2D eigenvalue weighted by Crippen LogP contribution is -2.16. The van der Waals surface area contributed by atoms with Crippen LogP contribution in [0.3, 0.4) is 0 Å². The highest BCUT2D eigenvalue weighted by atomic mass is 16.5. The molecule has 0 aliphatic heterocycles.